The van der Waals surface area contributed by atoms with E-state index >= 15 is 0 Å². The van der Waals surface area contributed by atoms with E-state index in [4.69, 9.17) is 14.2 Å². The van der Waals surface area contributed by atoms with Gasteiger partial charge in [-0.3, -0.25) is 19.2 Å². The second-order valence-electron chi connectivity index (χ2n) is 13.1. The van der Waals surface area contributed by atoms with E-state index in [1.807, 2.05) is 73.7 Å². The molecule has 1 spiro atoms. The number of carbonyl (C=O) groups is 4. The van der Waals surface area contributed by atoms with Crippen LogP contribution in [0.15, 0.2) is 85.0 Å². The van der Waals surface area contributed by atoms with Crippen molar-refractivity contribution in [3.05, 3.63) is 96.1 Å². The van der Waals surface area contributed by atoms with Crippen LogP contribution in [0.3, 0.4) is 0 Å². The molecular weight excluding hydrogens is 626 g/mol. The normalized spacial score (nSPS) is 31.4. The van der Waals surface area contributed by atoms with Crippen LogP contribution in [-0.2, 0) is 33.4 Å². The van der Waals surface area contributed by atoms with E-state index in [0.29, 0.717) is 30.6 Å². The third-order valence-electron chi connectivity index (χ3n) is 10.1. The lowest BCUT2D eigenvalue weighted by atomic mass is 9.77. The number of unbranched alkanes of at least 4 members (excludes halogenated alkanes) is 1. The number of benzene rings is 2. The molecule has 3 amide bonds. The Morgan fingerprint density at radius 3 is 2.45 bits per heavy atom. The highest BCUT2D eigenvalue weighted by Crippen LogP contribution is 2.55. The maximum atomic E-state index is 15.0. The molecule has 2 N–H and O–H groups in total. The number of nitrogens with one attached hydrogen (secondary N) is 1. The molecule has 4 aliphatic heterocycles. The number of cyclic esters (lactones) is 1. The molecule has 0 aromatic heterocycles. The smallest absolute Gasteiger partial charge is 0.313 e. The van der Waals surface area contributed by atoms with Gasteiger partial charge in [-0.2, -0.15) is 0 Å². The van der Waals surface area contributed by atoms with Gasteiger partial charge < -0.3 is 34.4 Å². The van der Waals surface area contributed by atoms with E-state index in [2.05, 4.69) is 5.32 Å². The van der Waals surface area contributed by atoms with Gasteiger partial charge in [0.1, 0.15) is 23.7 Å². The number of aliphatic hydroxyl groups excluding tert-OH is 1. The molecule has 260 valence electrons. The minimum atomic E-state index is -1.52. The molecule has 6 rings (SSSR count). The van der Waals surface area contributed by atoms with Gasteiger partial charge in [-0.25, -0.2) is 0 Å². The Labute approximate surface area is 286 Å². The average Bonchev–Trinajstić information content (AvgIpc) is 3.50. The van der Waals surface area contributed by atoms with Gasteiger partial charge in [-0.15, -0.1) is 0 Å². The van der Waals surface area contributed by atoms with Crippen LogP contribution < -0.4 is 5.32 Å². The fourth-order valence-corrected chi connectivity index (χ4v) is 7.79. The second-order valence-corrected chi connectivity index (χ2v) is 13.1. The SMILES string of the molecule is CCCCN1CC=C[C@]23O[C@@H]4/C=C\CCC(=O)N[C@H](COC)[C@@H](c5ccccc5)OC(=O)[C@@H]4[C@H]2C(=O)N([C@H](CO)c2ccccc2)[C@@H]3C1=O. The zero-order chi connectivity index (χ0) is 34.5. The molecule has 4 aliphatic rings. The van der Waals surface area contributed by atoms with Gasteiger partial charge in [-0.05, 0) is 24.0 Å². The average molecular weight is 672 g/mol. The minimum absolute atomic E-state index is 0.0707. The first-order valence-electron chi connectivity index (χ1n) is 17.2. The minimum Gasteiger partial charge on any atom is -0.455 e. The standard InChI is InChI=1S/C38H45N3O8/c1-3-4-21-40-22-13-20-38-32(35(44)41(34(38)36(40)45)28(23-42)25-14-7-5-8-15-25)31-29(49-38)18-11-12-19-30(43)39-27(24-47-2)33(48-37(31)46)26-16-9-6-10-17-26/h5-11,13-18,20,27-29,31-34,42H,3-4,12,19,21-24H2,1-2H3,(H,39,43)/b18-11-/t27-,28-,29-,31+,32+,33-,34-,38+/m1/s1. The number of rotatable bonds is 9. The van der Waals surface area contributed by atoms with Crippen LogP contribution in [0.25, 0.3) is 0 Å². The highest BCUT2D eigenvalue weighted by Gasteiger charge is 2.72. The summed E-state index contributed by atoms with van der Waals surface area (Å²) in [6, 6.07) is 15.5. The molecule has 2 saturated heterocycles. The van der Waals surface area contributed by atoms with Crippen molar-refractivity contribution in [2.24, 2.45) is 11.8 Å². The maximum Gasteiger partial charge on any atom is 0.313 e. The molecule has 49 heavy (non-hydrogen) atoms. The van der Waals surface area contributed by atoms with E-state index in [-0.39, 0.29) is 24.8 Å². The van der Waals surface area contributed by atoms with Crippen molar-refractivity contribution in [2.75, 3.05) is 33.4 Å². The number of methoxy groups -OCH3 is 1. The van der Waals surface area contributed by atoms with Gasteiger partial charge in [0, 0.05) is 26.6 Å². The summed E-state index contributed by atoms with van der Waals surface area (Å²) >= 11 is 0. The monoisotopic (exact) mass is 671 g/mol. The third kappa shape index (κ3) is 6.54. The predicted molar refractivity (Wildman–Crippen MR) is 180 cm³/mol. The van der Waals surface area contributed by atoms with Crippen molar-refractivity contribution in [3.63, 3.8) is 0 Å². The summed E-state index contributed by atoms with van der Waals surface area (Å²) < 4.78 is 18.6. The number of ether oxygens (including phenoxy) is 3. The van der Waals surface area contributed by atoms with E-state index in [0.717, 1.165) is 12.8 Å². The van der Waals surface area contributed by atoms with Crippen LogP contribution in [-0.4, -0.2) is 95.8 Å². The molecule has 0 bridgehead atoms. The Morgan fingerprint density at radius 2 is 1.76 bits per heavy atom. The molecule has 0 radical (unpaired) electrons. The van der Waals surface area contributed by atoms with Crippen molar-refractivity contribution < 1.29 is 38.5 Å². The molecule has 2 aromatic rings. The van der Waals surface area contributed by atoms with Crippen molar-refractivity contribution >= 4 is 23.7 Å². The number of likely N-dealkylation sites (tertiary alicyclic amines) is 1. The number of hydrogen-bond donors (Lipinski definition) is 2. The fraction of sp³-hybridized carbons (Fsp3) is 0.474. The molecule has 8 atom stereocenters. The molecule has 0 saturated carbocycles. The number of carbonyl (C=O) groups excluding carboxylic acids is 4. The maximum absolute atomic E-state index is 15.0. The van der Waals surface area contributed by atoms with Crippen LogP contribution in [0.5, 0.6) is 0 Å². The molecular formula is C38H45N3O8. The first-order chi connectivity index (χ1) is 23.8. The van der Waals surface area contributed by atoms with E-state index in [1.165, 1.54) is 12.0 Å². The molecule has 4 heterocycles. The first-order valence-corrected chi connectivity index (χ1v) is 17.2. The van der Waals surface area contributed by atoms with E-state index in [1.54, 1.807) is 23.1 Å². The van der Waals surface area contributed by atoms with Gasteiger partial charge in [-0.1, -0.05) is 98.3 Å². The lowest BCUT2D eigenvalue weighted by Gasteiger charge is -2.38. The molecule has 2 fully saturated rings. The Hall–Kier alpha value is -4.32. The van der Waals surface area contributed by atoms with Crippen LogP contribution in [0.2, 0.25) is 0 Å². The lowest BCUT2D eigenvalue weighted by Crippen LogP contribution is -2.56. The number of allylic oxidation sites excluding steroid dienone is 1. The summed E-state index contributed by atoms with van der Waals surface area (Å²) in [6.07, 6.45) is 7.45. The third-order valence-corrected chi connectivity index (χ3v) is 10.1. The Balaban J connectivity index is 1.48. The quantitative estimate of drug-likeness (QED) is 0.307. The van der Waals surface area contributed by atoms with Gasteiger partial charge >= 0.3 is 5.97 Å². The fourth-order valence-electron chi connectivity index (χ4n) is 7.79. The predicted octanol–water partition coefficient (Wildman–Crippen LogP) is 3.27. The summed E-state index contributed by atoms with van der Waals surface area (Å²) in [4.78, 5) is 60.4. The van der Waals surface area contributed by atoms with Gasteiger partial charge in [0.25, 0.3) is 0 Å². The van der Waals surface area contributed by atoms with Crippen molar-refractivity contribution in [1.29, 1.82) is 0 Å². The number of aliphatic hydroxyl groups is 1. The van der Waals surface area contributed by atoms with Gasteiger partial charge in [0.15, 0.2) is 0 Å². The summed E-state index contributed by atoms with van der Waals surface area (Å²) in [5.74, 6) is -3.94. The van der Waals surface area contributed by atoms with E-state index in [9.17, 15) is 24.3 Å². The highest BCUT2D eigenvalue weighted by molar-refractivity contribution is 5.99. The molecule has 11 nitrogen and oxygen atoms in total. The first kappa shape index (κ1) is 34.5. The Bertz CT molecular complexity index is 1570. The van der Waals surface area contributed by atoms with Crippen molar-refractivity contribution in [1.82, 2.24) is 15.1 Å². The van der Waals surface area contributed by atoms with Crippen LogP contribution in [0.1, 0.15) is 55.9 Å². The van der Waals surface area contributed by atoms with Crippen LogP contribution >= 0.6 is 0 Å². The zero-order valence-corrected chi connectivity index (χ0v) is 28.0. The number of hydrogen-bond acceptors (Lipinski definition) is 8. The number of nitrogens with zero attached hydrogens (tertiary/aromatic N) is 2. The van der Waals surface area contributed by atoms with Crippen LogP contribution in [0.4, 0.5) is 0 Å². The largest absolute Gasteiger partial charge is 0.455 e. The van der Waals surface area contributed by atoms with Crippen molar-refractivity contribution in [3.8, 4) is 0 Å². The highest BCUT2D eigenvalue weighted by atomic mass is 16.6. The summed E-state index contributed by atoms with van der Waals surface area (Å²) in [5.41, 5.74) is -0.207. The Morgan fingerprint density at radius 1 is 1.02 bits per heavy atom. The zero-order valence-electron chi connectivity index (χ0n) is 28.0. The number of amides is 3. The molecule has 0 unspecified atom stereocenters. The lowest BCUT2D eigenvalue weighted by molar-refractivity contribution is -0.163. The molecule has 2 aromatic carbocycles. The number of esters is 1. The van der Waals surface area contributed by atoms with Crippen LogP contribution in [0, 0.1) is 11.8 Å². The second kappa shape index (κ2) is 15.1. The summed E-state index contributed by atoms with van der Waals surface area (Å²) in [7, 11) is 1.51. The summed E-state index contributed by atoms with van der Waals surface area (Å²) in [5, 5.41) is 13.8. The van der Waals surface area contributed by atoms with Gasteiger partial charge in [0.05, 0.1) is 37.3 Å². The Kier molecular flexibility index (Phi) is 10.6. The van der Waals surface area contributed by atoms with Crippen molar-refractivity contribution in [2.45, 2.75) is 68.5 Å². The molecule has 11 heteroatoms. The van der Waals surface area contributed by atoms with Gasteiger partial charge in [0.2, 0.25) is 17.7 Å². The molecule has 0 aliphatic carbocycles. The topological polar surface area (TPSA) is 135 Å². The van der Waals surface area contributed by atoms with E-state index < -0.39 is 66.3 Å². The number of fused-ring (bicyclic) bond motifs is 2. The summed E-state index contributed by atoms with van der Waals surface area (Å²) in [6.45, 7) is 2.49.